The summed E-state index contributed by atoms with van der Waals surface area (Å²) >= 11 is 1.20. The standard InChI is InChI=1S/C17H14N4O4S/c1-10-15(26-17(19-10)12-5-3-4-8-18-12)16(22)20-13-9-11(21(23)24)6-7-14(13)25-2/h3-9H,1-2H3,(H,20,22). The first kappa shape index (κ1) is 17.5. The van der Waals surface area contributed by atoms with Crippen LogP contribution in [0.3, 0.4) is 0 Å². The normalized spacial score (nSPS) is 10.4. The zero-order valence-corrected chi connectivity index (χ0v) is 14.7. The van der Waals surface area contributed by atoms with E-state index in [0.29, 0.717) is 27.0 Å². The fourth-order valence-corrected chi connectivity index (χ4v) is 3.23. The Morgan fingerprint density at radius 3 is 2.77 bits per heavy atom. The number of nitro groups is 1. The Balaban J connectivity index is 1.90. The lowest BCUT2D eigenvalue weighted by atomic mass is 10.2. The smallest absolute Gasteiger partial charge is 0.271 e. The van der Waals surface area contributed by atoms with Crippen molar-refractivity contribution >= 4 is 28.6 Å². The van der Waals surface area contributed by atoms with Gasteiger partial charge in [0, 0.05) is 18.3 Å². The number of benzene rings is 1. The Morgan fingerprint density at radius 2 is 2.12 bits per heavy atom. The molecule has 0 fully saturated rings. The molecule has 9 heteroatoms. The minimum atomic E-state index is -0.535. The van der Waals surface area contributed by atoms with Crippen LogP contribution in [0.1, 0.15) is 15.4 Å². The molecular weight excluding hydrogens is 356 g/mol. The second-order valence-corrected chi connectivity index (χ2v) is 6.24. The quantitative estimate of drug-likeness (QED) is 0.542. The highest BCUT2D eigenvalue weighted by Crippen LogP contribution is 2.31. The number of amides is 1. The van der Waals surface area contributed by atoms with Crippen molar-refractivity contribution < 1.29 is 14.5 Å². The highest BCUT2D eigenvalue weighted by Gasteiger charge is 2.19. The van der Waals surface area contributed by atoms with Gasteiger partial charge in [-0.1, -0.05) is 6.07 Å². The van der Waals surface area contributed by atoms with E-state index in [2.05, 4.69) is 15.3 Å². The zero-order chi connectivity index (χ0) is 18.7. The Kier molecular flexibility index (Phi) is 4.90. The number of nitrogens with zero attached hydrogens (tertiary/aromatic N) is 3. The van der Waals surface area contributed by atoms with Gasteiger partial charge in [0.25, 0.3) is 11.6 Å². The number of hydrogen-bond donors (Lipinski definition) is 1. The maximum atomic E-state index is 12.6. The summed E-state index contributed by atoms with van der Waals surface area (Å²) in [5.41, 5.74) is 1.31. The van der Waals surface area contributed by atoms with Gasteiger partial charge in [0.1, 0.15) is 15.6 Å². The van der Waals surface area contributed by atoms with Crippen LogP contribution in [-0.2, 0) is 0 Å². The lowest BCUT2D eigenvalue weighted by Crippen LogP contribution is -2.12. The Morgan fingerprint density at radius 1 is 1.31 bits per heavy atom. The molecule has 0 radical (unpaired) electrons. The molecule has 0 spiro atoms. The first-order valence-electron chi connectivity index (χ1n) is 7.52. The average Bonchev–Trinajstić information content (AvgIpc) is 3.04. The predicted molar refractivity (Wildman–Crippen MR) is 97.7 cm³/mol. The van der Waals surface area contributed by atoms with Gasteiger partial charge in [-0.25, -0.2) is 4.98 Å². The molecule has 1 N–H and O–H groups in total. The van der Waals surface area contributed by atoms with Gasteiger partial charge in [0.15, 0.2) is 0 Å². The third-order valence-corrected chi connectivity index (χ3v) is 4.71. The fourth-order valence-electron chi connectivity index (χ4n) is 2.29. The zero-order valence-electron chi connectivity index (χ0n) is 13.9. The summed E-state index contributed by atoms with van der Waals surface area (Å²) in [5.74, 6) is -0.0861. The lowest BCUT2D eigenvalue weighted by molar-refractivity contribution is -0.384. The first-order valence-corrected chi connectivity index (χ1v) is 8.34. The molecule has 0 aliphatic rings. The van der Waals surface area contributed by atoms with Crippen molar-refractivity contribution in [2.24, 2.45) is 0 Å². The summed E-state index contributed by atoms with van der Waals surface area (Å²) in [6.45, 7) is 1.72. The topological polar surface area (TPSA) is 107 Å². The van der Waals surface area contributed by atoms with E-state index in [-0.39, 0.29) is 11.4 Å². The van der Waals surface area contributed by atoms with E-state index in [9.17, 15) is 14.9 Å². The summed E-state index contributed by atoms with van der Waals surface area (Å²) in [6, 6.07) is 9.45. The van der Waals surface area contributed by atoms with Gasteiger partial charge >= 0.3 is 0 Å². The Hall–Kier alpha value is -3.33. The average molecular weight is 370 g/mol. The fraction of sp³-hybridized carbons (Fsp3) is 0.118. The number of aromatic nitrogens is 2. The van der Waals surface area contributed by atoms with E-state index in [1.165, 1.54) is 36.6 Å². The number of nitrogens with one attached hydrogen (secondary N) is 1. The molecule has 3 rings (SSSR count). The molecule has 0 atom stereocenters. The number of pyridine rings is 1. The van der Waals surface area contributed by atoms with E-state index >= 15 is 0 Å². The molecule has 26 heavy (non-hydrogen) atoms. The van der Waals surface area contributed by atoms with Crippen LogP contribution in [0.15, 0.2) is 42.6 Å². The van der Waals surface area contributed by atoms with E-state index in [4.69, 9.17) is 4.74 Å². The third kappa shape index (κ3) is 3.52. The molecule has 2 aromatic heterocycles. The number of nitro benzene ring substituents is 1. The Bertz CT molecular complexity index is 972. The molecule has 1 amide bonds. The number of thiazole rings is 1. The van der Waals surface area contributed by atoms with E-state index in [1.807, 2.05) is 12.1 Å². The van der Waals surface area contributed by atoms with Crippen LogP contribution in [0.25, 0.3) is 10.7 Å². The molecule has 0 aliphatic carbocycles. The van der Waals surface area contributed by atoms with E-state index < -0.39 is 10.8 Å². The molecular formula is C17H14N4O4S. The van der Waals surface area contributed by atoms with Gasteiger partial charge in [0.05, 0.1) is 29.1 Å². The van der Waals surface area contributed by atoms with Crippen LogP contribution in [0.2, 0.25) is 0 Å². The molecule has 0 unspecified atom stereocenters. The second kappa shape index (κ2) is 7.28. The van der Waals surface area contributed by atoms with Gasteiger partial charge in [0.2, 0.25) is 0 Å². The van der Waals surface area contributed by atoms with Gasteiger partial charge in [-0.2, -0.15) is 0 Å². The van der Waals surface area contributed by atoms with Gasteiger partial charge in [-0.05, 0) is 25.1 Å². The van der Waals surface area contributed by atoms with Crippen LogP contribution in [0.4, 0.5) is 11.4 Å². The third-order valence-electron chi connectivity index (χ3n) is 3.53. The van der Waals surface area contributed by atoms with Crippen molar-refractivity contribution in [1.29, 1.82) is 0 Å². The number of ether oxygens (including phenoxy) is 1. The maximum absolute atomic E-state index is 12.6. The SMILES string of the molecule is COc1ccc([N+](=O)[O-])cc1NC(=O)c1sc(-c2ccccn2)nc1C. The molecule has 0 saturated carbocycles. The summed E-state index contributed by atoms with van der Waals surface area (Å²) < 4.78 is 5.16. The molecule has 8 nitrogen and oxygen atoms in total. The number of aryl methyl sites for hydroxylation is 1. The molecule has 0 aliphatic heterocycles. The number of rotatable bonds is 5. The number of anilines is 1. The van der Waals surface area contributed by atoms with Crippen LogP contribution >= 0.6 is 11.3 Å². The summed E-state index contributed by atoms with van der Waals surface area (Å²) in [7, 11) is 1.42. The number of carbonyl (C=O) groups excluding carboxylic acids is 1. The second-order valence-electron chi connectivity index (χ2n) is 5.24. The number of non-ortho nitro benzene ring substituents is 1. The summed E-state index contributed by atoms with van der Waals surface area (Å²) in [6.07, 6.45) is 1.65. The molecule has 132 valence electrons. The van der Waals surface area contributed by atoms with Crippen molar-refractivity contribution in [2.45, 2.75) is 6.92 Å². The van der Waals surface area contributed by atoms with Crippen LogP contribution < -0.4 is 10.1 Å². The number of carbonyl (C=O) groups is 1. The largest absolute Gasteiger partial charge is 0.495 e. The lowest BCUT2D eigenvalue weighted by Gasteiger charge is -2.09. The highest BCUT2D eigenvalue weighted by atomic mass is 32.1. The van der Waals surface area contributed by atoms with Crippen molar-refractivity contribution in [3.63, 3.8) is 0 Å². The molecule has 3 aromatic rings. The van der Waals surface area contributed by atoms with Gasteiger partial charge in [-0.15, -0.1) is 11.3 Å². The predicted octanol–water partition coefficient (Wildman–Crippen LogP) is 3.68. The van der Waals surface area contributed by atoms with Crippen molar-refractivity contribution in [2.75, 3.05) is 12.4 Å². The van der Waals surface area contributed by atoms with E-state index in [0.717, 1.165) is 0 Å². The van der Waals surface area contributed by atoms with Crippen molar-refractivity contribution in [3.05, 3.63) is 63.3 Å². The number of methoxy groups -OCH3 is 1. The maximum Gasteiger partial charge on any atom is 0.271 e. The first-order chi connectivity index (χ1) is 12.5. The monoisotopic (exact) mass is 370 g/mol. The number of hydrogen-bond acceptors (Lipinski definition) is 7. The van der Waals surface area contributed by atoms with Crippen LogP contribution in [-0.4, -0.2) is 27.9 Å². The minimum Gasteiger partial charge on any atom is -0.495 e. The molecule has 0 saturated heterocycles. The van der Waals surface area contributed by atoms with Crippen molar-refractivity contribution in [1.82, 2.24) is 9.97 Å². The summed E-state index contributed by atoms with van der Waals surface area (Å²) in [4.78, 5) is 32.1. The van der Waals surface area contributed by atoms with Gasteiger partial charge < -0.3 is 10.1 Å². The molecule has 0 bridgehead atoms. The van der Waals surface area contributed by atoms with Gasteiger partial charge in [-0.3, -0.25) is 19.9 Å². The van der Waals surface area contributed by atoms with E-state index in [1.54, 1.807) is 19.2 Å². The van der Waals surface area contributed by atoms with Crippen LogP contribution in [0, 0.1) is 17.0 Å². The Labute approximate surface area is 152 Å². The summed E-state index contributed by atoms with van der Waals surface area (Å²) in [5, 5.41) is 14.2. The van der Waals surface area contributed by atoms with Crippen LogP contribution in [0.5, 0.6) is 5.75 Å². The minimum absolute atomic E-state index is 0.142. The molecule has 1 aromatic carbocycles. The molecule has 2 heterocycles. The highest BCUT2D eigenvalue weighted by molar-refractivity contribution is 7.17. The van der Waals surface area contributed by atoms with Crippen molar-refractivity contribution in [3.8, 4) is 16.5 Å².